The second kappa shape index (κ2) is 4.68. The molecule has 0 aliphatic heterocycles. The molecule has 0 unspecified atom stereocenters. The number of imidazole rings is 1. The SMILES string of the molecule is COC(=O)C1CCC(c2ncc(C)[nH]2)CC1. The Labute approximate surface area is 95.4 Å². The van der Waals surface area contributed by atoms with Gasteiger partial charge in [-0.1, -0.05) is 0 Å². The van der Waals surface area contributed by atoms with Gasteiger partial charge in [-0.05, 0) is 32.6 Å². The van der Waals surface area contributed by atoms with E-state index in [1.165, 1.54) is 7.11 Å². The van der Waals surface area contributed by atoms with Gasteiger partial charge in [0.2, 0.25) is 0 Å². The van der Waals surface area contributed by atoms with Crippen molar-refractivity contribution in [2.45, 2.75) is 38.5 Å². The number of carbonyl (C=O) groups excluding carboxylic acids is 1. The lowest BCUT2D eigenvalue weighted by Crippen LogP contribution is -2.22. The van der Waals surface area contributed by atoms with E-state index in [-0.39, 0.29) is 11.9 Å². The van der Waals surface area contributed by atoms with Crippen LogP contribution in [0.15, 0.2) is 6.20 Å². The quantitative estimate of drug-likeness (QED) is 0.780. The Morgan fingerprint density at radius 2 is 2.12 bits per heavy atom. The molecule has 1 aliphatic rings. The topological polar surface area (TPSA) is 55.0 Å². The molecular weight excluding hydrogens is 204 g/mol. The first-order chi connectivity index (χ1) is 7.70. The summed E-state index contributed by atoms with van der Waals surface area (Å²) in [7, 11) is 1.46. The molecule has 1 aromatic heterocycles. The van der Waals surface area contributed by atoms with Gasteiger partial charge in [0.15, 0.2) is 0 Å². The van der Waals surface area contributed by atoms with Crippen LogP contribution in [0.4, 0.5) is 0 Å². The lowest BCUT2D eigenvalue weighted by molar-refractivity contribution is -0.146. The van der Waals surface area contributed by atoms with E-state index in [1.54, 1.807) is 0 Å². The summed E-state index contributed by atoms with van der Waals surface area (Å²) in [6.45, 7) is 2.01. The van der Waals surface area contributed by atoms with Gasteiger partial charge in [-0.3, -0.25) is 4.79 Å². The highest BCUT2D eigenvalue weighted by Gasteiger charge is 2.28. The molecule has 0 radical (unpaired) electrons. The van der Waals surface area contributed by atoms with E-state index in [1.807, 2.05) is 13.1 Å². The van der Waals surface area contributed by atoms with Gasteiger partial charge in [0.1, 0.15) is 5.82 Å². The van der Waals surface area contributed by atoms with Gasteiger partial charge in [-0.2, -0.15) is 0 Å². The predicted molar refractivity (Wildman–Crippen MR) is 60.0 cm³/mol. The number of aromatic amines is 1. The fourth-order valence-electron chi connectivity index (χ4n) is 2.41. The summed E-state index contributed by atoms with van der Waals surface area (Å²) in [5, 5.41) is 0. The fourth-order valence-corrected chi connectivity index (χ4v) is 2.41. The average molecular weight is 222 g/mol. The minimum Gasteiger partial charge on any atom is -0.469 e. The second-order valence-electron chi connectivity index (χ2n) is 4.52. The van der Waals surface area contributed by atoms with Crippen molar-refractivity contribution in [2.24, 2.45) is 5.92 Å². The van der Waals surface area contributed by atoms with Gasteiger partial charge in [0.05, 0.1) is 13.0 Å². The molecule has 0 bridgehead atoms. The van der Waals surface area contributed by atoms with Gasteiger partial charge in [-0.25, -0.2) is 4.98 Å². The molecule has 0 atom stereocenters. The van der Waals surface area contributed by atoms with Gasteiger partial charge in [-0.15, -0.1) is 0 Å². The minimum atomic E-state index is -0.0610. The van der Waals surface area contributed by atoms with Crippen LogP contribution in [0.1, 0.15) is 43.1 Å². The number of nitrogens with zero attached hydrogens (tertiary/aromatic N) is 1. The Morgan fingerprint density at radius 3 is 2.62 bits per heavy atom. The molecule has 0 aromatic carbocycles. The van der Waals surface area contributed by atoms with Crippen LogP contribution in [0.25, 0.3) is 0 Å². The molecule has 1 aromatic rings. The second-order valence-corrected chi connectivity index (χ2v) is 4.52. The fraction of sp³-hybridized carbons (Fsp3) is 0.667. The monoisotopic (exact) mass is 222 g/mol. The first-order valence-corrected chi connectivity index (χ1v) is 5.80. The highest BCUT2D eigenvalue weighted by atomic mass is 16.5. The van der Waals surface area contributed by atoms with E-state index in [0.717, 1.165) is 37.2 Å². The summed E-state index contributed by atoms with van der Waals surface area (Å²) in [6, 6.07) is 0. The first-order valence-electron chi connectivity index (χ1n) is 5.80. The maximum atomic E-state index is 11.4. The number of esters is 1. The number of hydrogen-bond donors (Lipinski definition) is 1. The summed E-state index contributed by atoms with van der Waals surface area (Å²) in [6.07, 6.45) is 5.73. The van der Waals surface area contributed by atoms with Crippen molar-refractivity contribution in [1.29, 1.82) is 0 Å². The molecule has 4 nitrogen and oxygen atoms in total. The van der Waals surface area contributed by atoms with Crippen LogP contribution in [0.3, 0.4) is 0 Å². The molecule has 0 amide bonds. The van der Waals surface area contributed by atoms with Crippen LogP contribution in [0.5, 0.6) is 0 Å². The zero-order chi connectivity index (χ0) is 11.5. The molecular formula is C12H18N2O2. The lowest BCUT2D eigenvalue weighted by Gasteiger charge is -2.25. The Kier molecular flexibility index (Phi) is 3.27. The van der Waals surface area contributed by atoms with Crippen molar-refractivity contribution in [2.75, 3.05) is 7.11 Å². The number of methoxy groups -OCH3 is 1. The third-order valence-electron chi connectivity index (χ3n) is 3.37. The molecule has 4 heteroatoms. The number of aromatic nitrogens is 2. The smallest absolute Gasteiger partial charge is 0.308 e. The van der Waals surface area contributed by atoms with Crippen LogP contribution in [-0.4, -0.2) is 23.0 Å². The molecule has 1 saturated carbocycles. The Hall–Kier alpha value is -1.32. The van der Waals surface area contributed by atoms with Gasteiger partial charge >= 0.3 is 5.97 Å². The maximum absolute atomic E-state index is 11.4. The molecule has 2 rings (SSSR count). The number of H-pyrrole nitrogens is 1. The van der Waals surface area contributed by atoms with Gasteiger partial charge < -0.3 is 9.72 Å². The first kappa shape index (κ1) is 11.2. The number of nitrogens with one attached hydrogen (secondary N) is 1. The zero-order valence-corrected chi connectivity index (χ0v) is 9.82. The standard InChI is InChI=1S/C12H18N2O2/c1-8-7-13-11(14-8)9-3-5-10(6-4-9)12(15)16-2/h7,9-10H,3-6H2,1-2H3,(H,13,14). The van der Waals surface area contributed by atoms with Crippen molar-refractivity contribution in [3.05, 3.63) is 17.7 Å². The molecule has 88 valence electrons. The van der Waals surface area contributed by atoms with Crippen molar-refractivity contribution in [1.82, 2.24) is 9.97 Å². The Bertz CT molecular complexity index is 365. The molecule has 1 aliphatic carbocycles. The van der Waals surface area contributed by atoms with E-state index < -0.39 is 0 Å². The third-order valence-corrected chi connectivity index (χ3v) is 3.37. The number of carbonyl (C=O) groups is 1. The molecule has 1 heterocycles. The molecule has 0 spiro atoms. The number of hydrogen-bond acceptors (Lipinski definition) is 3. The van der Waals surface area contributed by atoms with Crippen LogP contribution in [0, 0.1) is 12.8 Å². The summed E-state index contributed by atoms with van der Waals surface area (Å²) in [4.78, 5) is 19.0. The molecule has 1 fully saturated rings. The molecule has 16 heavy (non-hydrogen) atoms. The maximum Gasteiger partial charge on any atom is 0.308 e. The minimum absolute atomic E-state index is 0.0610. The van der Waals surface area contributed by atoms with E-state index in [9.17, 15) is 4.79 Å². The highest BCUT2D eigenvalue weighted by Crippen LogP contribution is 2.34. The highest BCUT2D eigenvalue weighted by molar-refractivity contribution is 5.72. The number of aryl methyl sites for hydroxylation is 1. The van der Waals surface area contributed by atoms with Crippen LogP contribution >= 0.6 is 0 Å². The Morgan fingerprint density at radius 1 is 1.44 bits per heavy atom. The van der Waals surface area contributed by atoms with Crippen molar-refractivity contribution in [3.63, 3.8) is 0 Å². The van der Waals surface area contributed by atoms with E-state index >= 15 is 0 Å². The molecule has 1 N–H and O–H groups in total. The van der Waals surface area contributed by atoms with Crippen LogP contribution in [-0.2, 0) is 9.53 Å². The lowest BCUT2D eigenvalue weighted by atomic mass is 9.82. The van der Waals surface area contributed by atoms with Crippen LogP contribution in [0.2, 0.25) is 0 Å². The van der Waals surface area contributed by atoms with Crippen LogP contribution < -0.4 is 0 Å². The summed E-state index contributed by atoms with van der Waals surface area (Å²) in [5.41, 5.74) is 1.10. The van der Waals surface area contributed by atoms with Crippen molar-refractivity contribution in [3.8, 4) is 0 Å². The van der Waals surface area contributed by atoms with E-state index in [2.05, 4.69) is 9.97 Å². The van der Waals surface area contributed by atoms with E-state index in [0.29, 0.717) is 5.92 Å². The predicted octanol–water partition coefficient (Wildman–Crippen LogP) is 2.16. The zero-order valence-electron chi connectivity index (χ0n) is 9.82. The van der Waals surface area contributed by atoms with Crippen molar-refractivity contribution >= 4 is 5.97 Å². The van der Waals surface area contributed by atoms with Gasteiger partial charge in [0, 0.05) is 17.8 Å². The number of rotatable bonds is 2. The van der Waals surface area contributed by atoms with E-state index in [4.69, 9.17) is 4.74 Å². The normalized spacial score (nSPS) is 25.4. The summed E-state index contributed by atoms with van der Waals surface area (Å²) >= 11 is 0. The largest absolute Gasteiger partial charge is 0.469 e. The summed E-state index contributed by atoms with van der Waals surface area (Å²) in [5.74, 6) is 1.59. The molecule has 0 saturated heterocycles. The van der Waals surface area contributed by atoms with Crippen molar-refractivity contribution < 1.29 is 9.53 Å². The van der Waals surface area contributed by atoms with Gasteiger partial charge in [0.25, 0.3) is 0 Å². The third kappa shape index (κ3) is 2.26. The summed E-state index contributed by atoms with van der Waals surface area (Å²) < 4.78 is 4.77. The number of ether oxygens (including phenoxy) is 1. The average Bonchev–Trinajstić information content (AvgIpc) is 2.75. The Balaban J connectivity index is 1.92.